The molecule has 0 aliphatic carbocycles. The number of hydrogen-bond donors (Lipinski definition) is 0. The van der Waals surface area contributed by atoms with Crippen LogP contribution >= 0.6 is 23.7 Å². The van der Waals surface area contributed by atoms with Crippen molar-refractivity contribution in [1.29, 1.82) is 0 Å². The molecular weight excluding hydrogens is 342 g/mol. The summed E-state index contributed by atoms with van der Waals surface area (Å²) in [7, 11) is 0. The van der Waals surface area contributed by atoms with Crippen molar-refractivity contribution in [3.8, 4) is 0 Å². The van der Waals surface area contributed by atoms with E-state index in [-0.39, 0.29) is 0 Å². The van der Waals surface area contributed by atoms with Crippen LogP contribution in [0.1, 0.15) is 11.1 Å². The number of benzene rings is 2. The third-order valence-electron chi connectivity index (χ3n) is 3.28. The van der Waals surface area contributed by atoms with E-state index in [1.807, 2.05) is 66.7 Å². The van der Waals surface area contributed by atoms with Crippen LogP contribution in [-0.2, 0) is 0 Å². The summed E-state index contributed by atoms with van der Waals surface area (Å²) in [5.74, 6) is 0. The average Bonchev–Trinajstić information content (AvgIpc) is 2.92. The van der Waals surface area contributed by atoms with Gasteiger partial charge in [0.2, 0.25) is 0 Å². The van der Waals surface area contributed by atoms with Gasteiger partial charge in [0.25, 0.3) is 6.20 Å². The lowest BCUT2D eigenvalue weighted by Gasteiger charge is -2.15. The summed E-state index contributed by atoms with van der Waals surface area (Å²) in [5, 5.41) is 11.5. The van der Waals surface area contributed by atoms with E-state index in [9.17, 15) is 10.1 Å². The van der Waals surface area contributed by atoms with Gasteiger partial charge in [-0.1, -0.05) is 35.4 Å². The molecule has 0 atom stereocenters. The zero-order chi connectivity index (χ0) is 17.1. The lowest BCUT2D eigenvalue weighted by Crippen LogP contribution is -2.14. The Morgan fingerprint density at radius 3 is 2.21 bits per heavy atom. The lowest BCUT2D eigenvalue weighted by atomic mass is 10.2. The second-order valence-corrected chi connectivity index (χ2v) is 7.54. The SMILES string of the molecule is Cc1ccc(N=C2S/C(=C/[N+](=O)[O-])SN2c2ccc(C)cc2)cc1. The van der Waals surface area contributed by atoms with Crippen molar-refractivity contribution in [2.75, 3.05) is 4.31 Å². The van der Waals surface area contributed by atoms with Crippen molar-refractivity contribution in [2.24, 2.45) is 4.99 Å². The minimum absolute atomic E-state index is 0.433. The van der Waals surface area contributed by atoms with E-state index in [4.69, 9.17) is 0 Å². The van der Waals surface area contributed by atoms with E-state index in [2.05, 4.69) is 4.99 Å². The number of amidine groups is 1. The van der Waals surface area contributed by atoms with Gasteiger partial charge < -0.3 is 0 Å². The summed E-state index contributed by atoms with van der Waals surface area (Å²) in [6.07, 6.45) is 1.02. The van der Waals surface area contributed by atoms with E-state index >= 15 is 0 Å². The molecule has 1 fully saturated rings. The Morgan fingerprint density at radius 2 is 1.62 bits per heavy atom. The van der Waals surface area contributed by atoms with Gasteiger partial charge in [-0.3, -0.25) is 14.4 Å². The molecule has 0 aromatic heterocycles. The molecule has 0 bridgehead atoms. The molecule has 2 aromatic rings. The Morgan fingerprint density at radius 1 is 1.04 bits per heavy atom. The number of thioether (sulfide) groups is 1. The normalized spacial score (nSPS) is 17.7. The molecule has 1 aliphatic rings. The molecule has 0 spiro atoms. The van der Waals surface area contributed by atoms with E-state index in [0.29, 0.717) is 9.40 Å². The van der Waals surface area contributed by atoms with Gasteiger partial charge in [0.15, 0.2) is 5.17 Å². The van der Waals surface area contributed by atoms with Crippen molar-refractivity contribution in [2.45, 2.75) is 13.8 Å². The Kier molecular flexibility index (Phi) is 4.92. The quantitative estimate of drug-likeness (QED) is 0.425. The fourth-order valence-electron chi connectivity index (χ4n) is 2.06. The summed E-state index contributed by atoms with van der Waals surface area (Å²) in [5.41, 5.74) is 4.09. The first kappa shape index (κ1) is 16.6. The third kappa shape index (κ3) is 3.98. The number of nitro groups is 1. The molecule has 24 heavy (non-hydrogen) atoms. The van der Waals surface area contributed by atoms with Crippen molar-refractivity contribution in [3.63, 3.8) is 0 Å². The molecule has 3 rings (SSSR count). The molecule has 1 heterocycles. The van der Waals surface area contributed by atoms with Crippen LogP contribution in [0.15, 0.2) is 64.0 Å². The standard InChI is InChI=1S/C17H15N3O2S2/c1-12-3-7-14(8-4-12)18-17-20(15-9-5-13(2)6-10-15)24-16(23-17)11-19(21)22/h3-11H,1-2H3/b16-11-,18-17?. The molecule has 1 aliphatic heterocycles. The lowest BCUT2D eigenvalue weighted by molar-refractivity contribution is -0.402. The third-order valence-corrected chi connectivity index (χ3v) is 5.49. The Hall–Kier alpha value is -2.25. The first-order valence-electron chi connectivity index (χ1n) is 7.24. The molecule has 2 aromatic carbocycles. The van der Waals surface area contributed by atoms with Crippen LogP contribution < -0.4 is 4.31 Å². The number of anilines is 1. The predicted octanol–water partition coefficient (Wildman–Crippen LogP) is 5.27. The maximum absolute atomic E-state index is 10.8. The molecular formula is C17H15N3O2S2. The van der Waals surface area contributed by atoms with Crippen molar-refractivity contribution < 1.29 is 4.92 Å². The van der Waals surface area contributed by atoms with Crippen LogP contribution in [0.2, 0.25) is 0 Å². The van der Waals surface area contributed by atoms with Gasteiger partial charge >= 0.3 is 0 Å². The zero-order valence-electron chi connectivity index (χ0n) is 13.2. The minimum Gasteiger partial charge on any atom is -0.259 e. The molecule has 0 N–H and O–H groups in total. The molecule has 7 heteroatoms. The average molecular weight is 357 g/mol. The molecule has 0 unspecified atom stereocenters. The number of rotatable bonds is 3. The summed E-state index contributed by atoms with van der Waals surface area (Å²) >= 11 is 2.62. The predicted molar refractivity (Wildman–Crippen MR) is 102 cm³/mol. The Balaban J connectivity index is 1.97. The van der Waals surface area contributed by atoms with E-state index in [0.717, 1.165) is 28.7 Å². The van der Waals surface area contributed by atoms with Gasteiger partial charge in [0.1, 0.15) is 4.24 Å². The van der Waals surface area contributed by atoms with E-state index < -0.39 is 4.92 Å². The van der Waals surface area contributed by atoms with Crippen LogP contribution in [0.5, 0.6) is 0 Å². The summed E-state index contributed by atoms with van der Waals surface area (Å²) < 4.78 is 2.51. The van der Waals surface area contributed by atoms with Crippen LogP contribution in [0.4, 0.5) is 11.4 Å². The van der Waals surface area contributed by atoms with E-state index in [1.54, 1.807) is 0 Å². The van der Waals surface area contributed by atoms with Gasteiger partial charge in [0, 0.05) is 11.9 Å². The molecule has 0 amide bonds. The van der Waals surface area contributed by atoms with Crippen molar-refractivity contribution in [3.05, 3.63) is 80.2 Å². The van der Waals surface area contributed by atoms with Crippen LogP contribution in [0, 0.1) is 24.0 Å². The minimum atomic E-state index is -0.433. The Labute approximate surface area is 148 Å². The van der Waals surface area contributed by atoms with E-state index in [1.165, 1.54) is 23.7 Å². The monoisotopic (exact) mass is 357 g/mol. The second-order valence-electron chi connectivity index (χ2n) is 5.29. The van der Waals surface area contributed by atoms with Crippen molar-refractivity contribution in [1.82, 2.24) is 0 Å². The number of hydrogen-bond acceptors (Lipinski definition) is 5. The molecule has 1 saturated heterocycles. The molecule has 122 valence electrons. The first-order chi connectivity index (χ1) is 11.5. The van der Waals surface area contributed by atoms with Gasteiger partial charge in [-0.2, -0.15) is 0 Å². The number of aliphatic imine (C=N–C) groups is 1. The van der Waals surface area contributed by atoms with Gasteiger partial charge in [-0.05, 0) is 49.9 Å². The molecule has 5 nitrogen and oxygen atoms in total. The highest BCUT2D eigenvalue weighted by Crippen LogP contribution is 2.46. The largest absolute Gasteiger partial charge is 0.259 e. The van der Waals surface area contributed by atoms with Gasteiger partial charge in [-0.25, -0.2) is 4.99 Å². The Bertz CT molecular complexity index is 815. The summed E-state index contributed by atoms with van der Waals surface area (Å²) in [4.78, 5) is 15.0. The smallest absolute Gasteiger partial charge is 0.256 e. The first-order valence-corrected chi connectivity index (χ1v) is 8.83. The van der Waals surface area contributed by atoms with Gasteiger partial charge in [0.05, 0.1) is 16.3 Å². The highest BCUT2D eigenvalue weighted by molar-refractivity contribution is 8.35. The number of aryl methyl sites for hydroxylation is 2. The highest BCUT2D eigenvalue weighted by Gasteiger charge is 2.29. The zero-order valence-corrected chi connectivity index (χ0v) is 14.8. The maximum atomic E-state index is 10.8. The topological polar surface area (TPSA) is 58.7 Å². The fourth-order valence-corrected chi connectivity index (χ4v) is 4.19. The molecule has 0 saturated carbocycles. The fraction of sp³-hybridized carbons (Fsp3) is 0.118. The molecule has 0 radical (unpaired) electrons. The number of nitrogens with zero attached hydrogens (tertiary/aromatic N) is 3. The second kappa shape index (κ2) is 7.11. The van der Waals surface area contributed by atoms with Gasteiger partial charge in [-0.15, -0.1) is 0 Å². The summed E-state index contributed by atoms with van der Waals surface area (Å²) in [6, 6.07) is 15.9. The maximum Gasteiger partial charge on any atom is 0.256 e. The van der Waals surface area contributed by atoms with Crippen LogP contribution in [0.25, 0.3) is 0 Å². The van der Waals surface area contributed by atoms with Crippen molar-refractivity contribution >= 4 is 40.3 Å². The highest BCUT2D eigenvalue weighted by atomic mass is 32.2. The summed E-state index contributed by atoms with van der Waals surface area (Å²) in [6.45, 7) is 4.04. The van der Waals surface area contributed by atoms with Crippen LogP contribution in [0.3, 0.4) is 0 Å². The van der Waals surface area contributed by atoms with Crippen LogP contribution in [-0.4, -0.2) is 10.1 Å².